The zero-order valence-corrected chi connectivity index (χ0v) is 28.5. The first-order chi connectivity index (χ1) is 23.7. The molecule has 6 aromatic rings. The van der Waals surface area contributed by atoms with Crippen LogP contribution in [-0.4, -0.2) is 43.8 Å². The number of esters is 1. The molecule has 3 aromatic heterocycles. The predicted molar refractivity (Wildman–Crippen MR) is 192 cm³/mol. The Balaban J connectivity index is 1.09. The minimum atomic E-state index is -0.695. The molecule has 1 aliphatic heterocycles. The molecule has 1 amide bonds. The molecular weight excluding hydrogens is 633 g/mol. The van der Waals surface area contributed by atoms with Gasteiger partial charge < -0.3 is 9.64 Å². The van der Waals surface area contributed by atoms with Crippen molar-refractivity contribution >= 4 is 44.4 Å². The second-order valence-corrected chi connectivity index (χ2v) is 14.6. The number of pyridine rings is 1. The second kappa shape index (κ2) is 12.3. The molecule has 0 fully saturated rings. The third kappa shape index (κ3) is 6.08. The molecule has 49 heavy (non-hydrogen) atoms. The highest BCUT2D eigenvalue weighted by molar-refractivity contribution is 7.22. The number of para-hydroxylation sites is 1. The summed E-state index contributed by atoms with van der Waals surface area (Å²) in [6, 6.07) is 26.2. The van der Waals surface area contributed by atoms with E-state index in [-0.39, 0.29) is 17.6 Å². The van der Waals surface area contributed by atoms with Crippen molar-refractivity contribution in [3.8, 4) is 11.1 Å². The fourth-order valence-corrected chi connectivity index (χ4v) is 7.74. The topological polar surface area (TPSA) is 102 Å². The summed E-state index contributed by atoms with van der Waals surface area (Å²) in [6.07, 6.45) is 6.54. The van der Waals surface area contributed by atoms with Gasteiger partial charge in [-0.3, -0.25) is 14.8 Å². The third-order valence-electron chi connectivity index (χ3n) is 9.16. The number of anilines is 2. The number of aromatic nitrogens is 4. The average molecular weight is 669 g/mol. The molecule has 10 heteroatoms. The van der Waals surface area contributed by atoms with Gasteiger partial charge >= 0.3 is 5.97 Å². The maximum absolute atomic E-state index is 13.7. The van der Waals surface area contributed by atoms with Gasteiger partial charge in [0.2, 0.25) is 0 Å². The molecule has 1 atom stereocenters. The Labute approximate surface area is 288 Å². The number of rotatable bonds is 6. The summed E-state index contributed by atoms with van der Waals surface area (Å²) in [5, 5.41) is 8.32. The Morgan fingerprint density at radius 2 is 1.73 bits per heavy atom. The Morgan fingerprint density at radius 1 is 0.918 bits per heavy atom. The molecule has 0 bridgehead atoms. The van der Waals surface area contributed by atoms with Gasteiger partial charge in [-0.05, 0) is 92.6 Å². The van der Waals surface area contributed by atoms with Crippen molar-refractivity contribution in [2.24, 2.45) is 0 Å². The lowest BCUT2D eigenvalue weighted by atomic mass is 9.94. The van der Waals surface area contributed by atoms with Crippen LogP contribution in [0.4, 0.5) is 10.9 Å². The summed E-state index contributed by atoms with van der Waals surface area (Å²) >= 11 is 1.45. The van der Waals surface area contributed by atoms with E-state index in [1.807, 2.05) is 80.2 Å². The highest BCUT2D eigenvalue weighted by Crippen LogP contribution is 2.36. The Kier molecular flexibility index (Phi) is 7.75. The van der Waals surface area contributed by atoms with E-state index in [0.717, 1.165) is 46.2 Å². The van der Waals surface area contributed by atoms with Crippen molar-refractivity contribution in [2.75, 3.05) is 16.8 Å². The van der Waals surface area contributed by atoms with Crippen molar-refractivity contribution < 1.29 is 14.3 Å². The number of nitrogens with zero attached hydrogens (tertiary/aromatic N) is 5. The van der Waals surface area contributed by atoms with Crippen molar-refractivity contribution in [3.63, 3.8) is 0 Å². The van der Waals surface area contributed by atoms with Crippen LogP contribution in [0.5, 0.6) is 0 Å². The fraction of sp³-hybridized carbons (Fsp3) is 0.256. The summed E-state index contributed by atoms with van der Waals surface area (Å²) in [7, 11) is 0. The Hall–Kier alpha value is -5.35. The molecule has 0 saturated carbocycles. The first-order valence-corrected chi connectivity index (χ1v) is 17.4. The maximum atomic E-state index is 13.7. The van der Waals surface area contributed by atoms with E-state index in [9.17, 15) is 9.59 Å². The number of nitrogens with one attached hydrogen (secondary N) is 1. The van der Waals surface area contributed by atoms with E-state index < -0.39 is 11.6 Å². The molecule has 0 spiro atoms. The smallest absolute Gasteiger partial charge is 0.358 e. The van der Waals surface area contributed by atoms with Crippen LogP contribution in [0.3, 0.4) is 0 Å². The van der Waals surface area contributed by atoms with Gasteiger partial charge in [0.25, 0.3) is 5.91 Å². The summed E-state index contributed by atoms with van der Waals surface area (Å²) in [5.41, 5.74) is 7.19. The van der Waals surface area contributed by atoms with Crippen LogP contribution in [0.25, 0.3) is 21.3 Å². The lowest BCUT2D eigenvalue weighted by molar-refractivity contribution is 0.00638. The average Bonchev–Trinajstić information content (AvgIpc) is 3.85. The van der Waals surface area contributed by atoms with E-state index in [1.165, 1.54) is 22.5 Å². The van der Waals surface area contributed by atoms with E-state index in [2.05, 4.69) is 45.5 Å². The molecule has 1 N–H and O–H groups in total. The minimum absolute atomic E-state index is 0.150. The summed E-state index contributed by atoms with van der Waals surface area (Å²) in [4.78, 5) is 39.0. The van der Waals surface area contributed by atoms with Crippen LogP contribution in [0.15, 0.2) is 91.3 Å². The number of hydrogen-bond acceptors (Lipinski definition) is 8. The molecule has 1 aliphatic carbocycles. The normalized spacial score (nSPS) is 15.6. The zero-order valence-electron chi connectivity index (χ0n) is 27.6. The molecule has 3 aromatic carbocycles. The van der Waals surface area contributed by atoms with E-state index >= 15 is 0 Å². The van der Waals surface area contributed by atoms with Crippen LogP contribution in [0.1, 0.15) is 76.3 Å². The maximum Gasteiger partial charge on any atom is 0.358 e. The minimum Gasteiger partial charge on any atom is -0.455 e. The molecule has 0 saturated heterocycles. The second-order valence-electron chi connectivity index (χ2n) is 13.6. The SMILES string of the molecule is CC(C)(C)OC(=O)c1nc(N2CCc3cccc(C(=O)Nc4nc5ccccc5s4)c3C2)ccc1-c1cnn(C2CCc3ccccc32)c1. The number of aryl methyl sites for hydroxylation is 1. The van der Waals surface area contributed by atoms with Gasteiger partial charge in [0.15, 0.2) is 10.8 Å². The van der Waals surface area contributed by atoms with Crippen LogP contribution in [0.2, 0.25) is 0 Å². The van der Waals surface area contributed by atoms with E-state index in [0.29, 0.717) is 35.2 Å². The van der Waals surface area contributed by atoms with Gasteiger partial charge in [0.05, 0.1) is 22.5 Å². The highest BCUT2D eigenvalue weighted by Gasteiger charge is 2.29. The fourth-order valence-electron chi connectivity index (χ4n) is 6.88. The molecule has 0 radical (unpaired) electrons. The first-order valence-electron chi connectivity index (χ1n) is 16.6. The van der Waals surface area contributed by atoms with Crippen molar-refractivity contribution in [2.45, 2.75) is 58.2 Å². The molecular formula is C39H36N6O3S. The van der Waals surface area contributed by atoms with Gasteiger partial charge in [-0.1, -0.05) is 59.9 Å². The van der Waals surface area contributed by atoms with Gasteiger partial charge in [-0.15, -0.1) is 0 Å². The number of amides is 1. The Morgan fingerprint density at radius 3 is 2.59 bits per heavy atom. The quantitative estimate of drug-likeness (QED) is 0.180. The monoisotopic (exact) mass is 668 g/mol. The number of carbonyl (C=O) groups is 2. The molecule has 246 valence electrons. The van der Waals surface area contributed by atoms with Crippen LogP contribution >= 0.6 is 11.3 Å². The molecule has 9 nitrogen and oxygen atoms in total. The Bertz CT molecular complexity index is 2200. The van der Waals surface area contributed by atoms with Gasteiger partial charge in [0, 0.05) is 36.0 Å². The van der Waals surface area contributed by atoms with Gasteiger partial charge in [0.1, 0.15) is 11.4 Å². The summed E-state index contributed by atoms with van der Waals surface area (Å²) in [5.74, 6) is -0.0391. The van der Waals surface area contributed by atoms with E-state index in [4.69, 9.17) is 14.8 Å². The summed E-state index contributed by atoms with van der Waals surface area (Å²) < 4.78 is 8.88. The zero-order chi connectivity index (χ0) is 33.7. The van der Waals surface area contributed by atoms with Gasteiger partial charge in [-0.25, -0.2) is 14.8 Å². The predicted octanol–water partition coefficient (Wildman–Crippen LogP) is 7.86. The number of ether oxygens (including phenoxy) is 1. The molecule has 2 aliphatic rings. The molecule has 4 heterocycles. The number of fused-ring (bicyclic) bond motifs is 3. The van der Waals surface area contributed by atoms with Crippen LogP contribution in [0, 0.1) is 0 Å². The first kappa shape index (κ1) is 31.0. The van der Waals surface area contributed by atoms with Gasteiger partial charge in [-0.2, -0.15) is 5.10 Å². The van der Waals surface area contributed by atoms with Crippen molar-refractivity contribution in [1.29, 1.82) is 0 Å². The van der Waals surface area contributed by atoms with Crippen LogP contribution < -0.4 is 10.2 Å². The van der Waals surface area contributed by atoms with Crippen molar-refractivity contribution in [1.82, 2.24) is 19.7 Å². The third-order valence-corrected chi connectivity index (χ3v) is 10.1. The van der Waals surface area contributed by atoms with E-state index in [1.54, 1.807) is 6.20 Å². The van der Waals surface area contributed by atoms with Crippen LogP contribution in [-0.2, 0) is 24.1 Å². The van der Waals surface area contributed by atoms with Crippen molar-refractivity contribution in [3.05, 3.63) is 125 Å². The summed E-state index contributed by atoms with van der Waals surface area (Å²) in [6.45, 7) is 6.72. The number of benzene rings is 3. The largest absolute Gasteiger partial charge is 0.455 e. The lowest BCUT2D eigenvalue weighted by Gasteiger charge is -2.31. The lowest BCUT2D eigenvalue weighted by Crippen LogP contribution is -2.33. The highest BCUT2D eigenvalue weighted by atomic mass is 32.1. The number of thiazole rings is 1. The molecule has 8 rings (SSSR count). The standard InChI is InChI=1S/C39H36N6O3S/c1-39(2,3)48-37(47)35-28(26-21-40-45(22-26)32-17-15-24-9-4-5-11-27(24)32)16-18-34(42-35)44-20-19-25-10-8-12-29(30(25)23-44)36(46)43-38-41-31-13-6-7-14-33(31)49-38/h4-14,16,18,21-22,32H,15,17,19-20,23H2,1-3H3,(H,41,43,46). The molecule has 1 unspecified atom stereocenters. The number of hydrogen-bond donors (Lipinski definition) is 1. The number of carbonyl (C=O) groups excluding carboxylic acids is 2.